The summed E-state index contributed by atoms with van der Waals surface area (Å²) in [5, 5.41) is 0. The smallest absolute Gasteiger partial charge is 0.156 e. The molecule has 4 heteroatoms. The van der Waals surface area contributed by atoms with Gasteiger partial charge in [0.15, 0.2) is 5.69 Å². The summed E-state index contributed by atoms with van der Waals surface area (Å²) in [6.45, 7) is 17.9. The molecule has 2 N–H and O–H groups in total. The van der Waals surface area contributed by atoms with Crippen molar-refractivity contribution in [2.75, 3.05) is 12.3 Å². The molecule has 1 aromatic carbocycles. The Hall–Kier alpha value is -2.98. The van der Waals surface area contributed by atoms with E-state index in [9.17, 15) is 0 Å². The number of allylic oxidation sites excluding steroid dienone is 7. The van der Waals surface area contributed by atoms with Crippen LogP contribution in [0.4, 0.5) is 11.4 Å². The minimum absolute atomic E-state index is 0.283. The molecule has 2 aliphatic heterocycles. The van der Waals surface area contributed by atoms with Gasteiger partial charge in [0.25, 0.3) is 0 Å². The van der Waals surface area contributed by atoms with Gasteiger partial charge in [-0.05, 0) is 62.2 Å². The molecular formula is C39H55N4+. The highest BCUT2D eigenvalue weighted by Crippen LogP contribution is 2.52. The van der Waals surface area contributed by atoms with Crippen LogP contribution in [0.3, 0.4) is 0 Å². The molecule has 230 valence electrons. The van der Waals surface area contributed by atoms with E-state index in [0.29, 0.717) is 41.8 Å². The van der Waals surface area contributed by atoms with Gasteiger partial charge in [-0.1, -0.05) is 89.3 Å². The predicted octanol–water partition coefficient (Wildman–Crippen LogP) is 8.93. The second-order valence-corrected chi connectivity index (χ2v) is 14.6. The monoisotopic (exact) mass is 579 g/mol. The van der Waals surface area contributed by atoms with Crippen molar-refractivity contribution in [3.63, 3.8) is 0 Å². The molecule has 4 nitrogen and oxygen atoms in total. The number of rotatable bonds is 8. The Morgan fingerprint density at radius 3 is 2.51 bits per heavy atom. The van der Waals surface area contributed by atoms with Crippen LogP contribution in [0.1, 0.15) is 80.6 Å². The van der Waals surface area contributed by atoms with Gasteiger partial charge >= 0.3 is 0 Å². The van der Waals surface area contributed by atoms with Crippen LogP contribution >= 0.6 is 0 Å². The zero-order chi connectivity index (χ0) is 30.5. The predicted molar refractivity (Wildman–Crippen MR) is 184 cm³/mol. The Morgan fingerprint density at radius 1 is 1.02 bits per heavy atom. The summed E-state index contributed by atoms with van der Waals surface area (Å²) in [6.07, 6.45) is 25.3. The van der Waals surface area contributed by atoms with Crippen LogP contribution < -0.4 is 10.2 Å². The standard InChI is InChI=1S/C39H55N4/c1-26(2)33-17-14-18-34(27(3)4)39(33)41-24-31(42(30(41)7)36-20-11-8-15-28(36)5)23-32-25-43(32,37-21-12-9-16-29(37)6)38-22-13-10-19-35(38)40/h8-10,13-19,22,24,26-27,29-30,32-33,37,39H,11-12,20-21,23,25,40H2,1-7H3/q+1. The third-order valence-electron chi connectivity index (χ3n) is 11.3. The van der Waals surface area contributed by atoms with Gasteiger partial charge in [0.05, 0.1) is 11.7 Å². The maximum atomic E-state index is 6.77. The molecule has 2 heterocycles. The van der Waals surface area contributed by atoms with Gasteiger partial charge in [-0.2, -0.15) is 0 Å². The summed E-state index contributed by atoms with van der Waals surface area (Å²) in [5.74, 6) is 2.14. The summed E-state index contributed by atoms with van der Waals surface area (Å²) in [4.78, 5) is 5.49. The number of hydrogen-bond donors (Lipinski definition) is 1. The summed E-state index contributed by atoms with van der Waals surface area (Å²) >= 11 is 0. The zero-order valence-corrected chi connectivity index (χ0v) is 27.7. The van der Waals surface area contributed by atoms with Crippen LogP contribution in [0.5, 0.6) is 0 Å². The largest absolute Gasteiger partial charge is 0.394 e. The quantitative estimate of drug-likeness (QED) is 0.144. The molecule has 5 aliphatic rings. The fraction of sp³-hybridized carbons (Fsp3) is 0.538. The van der Waals surface area contributed by atoms with E-state index < -0.39 is 0 Å². The number of anilines is 1. The maximum Gasteiger partial charge on any atom is 0.156 e. The van der Waals surface area contributed by atoms with Crippen molar-refractivity contribution in [2.24, 2.45) is 23.7 Å². The van der Waals surface area contributed by atoms with E-state index >= 15 is 0 Å². The lowest BCUT2D eigenvalue weighted by molar-refractivity contribution is 0.118. The third-order valence-corrected chi connectivity index (χ3v) is 11.3. The van der Waals surface area contributed by atoms with E-state index in [0.717, 1.165) is 29.4 Å². The first-order valence-electron chi connectivity index (χ1n) is 17.1. The maximum absolute atomic E-state index is 6.77. The molecule has 43 heavy (non-hydrogen) atoms. The van der Waals surface area contributed by atoms with Gasteiger partial charge in [0.2, 0.25) is 0 Å². The highest BCUT2D eigenvalue weighted by atomic mass is 15.5. The molecule has 6 rings (SSSR count). The lowest BCUT2D eigenvalue weighted by Gasteiger charge is -2.44. The number of nitrogens with zero attached hydrogens (tertiary/aromatic N) is 3. The molecule has 7 unspecified atom stereocenters. The van der Waals surface area contributed by atoms with E-state index in [1.807, 2.05) is 0 Å². The van der Waals surface area contributed by atoms with Crippen LogP contribution in [0.2, 0.25) is 0 Å². The summed E-state index contributed by atoms with van der Waals surface area (Å²) in [7, 11) is 0. The summed E-state index contributed by atoms with van der Waals surface area (Å²) in [5.41, 5.74) is 15.1. The highest BCUT2D eigenvalue weighted by molar-refractivity contribution is 5.69. The Bertz CT molecular complexity index is 1390. The van der Waals surface area contributed by atoms with Gasteiger partial charge < -0.3 is 15.5 Å². The number of para-hydroxylation sites is 2. The topological polar surface area (TPSA) is 32.5 Å². The van der Waals surface area contributed by atoms with Crippen molar-refractivity contribution < 1.29 is 0 Å². The van der Waals surface area contributed by atoms with Crippen LogP contribution in [0.25, 0.3) is 0 Å². The van der Waals surface area contributed by atoms with E-state index in [1.54, 1.807) is 5.57 Å². The van der Waals surface area contributed by atoms with Gasteiger partial charge in [-0.15, -0.1) is 0 Å². The first kappa shape index (κ1) is 30.1. The molecule has 0 radical (unpaired) electrons. The number of quaternary nitrogens is 1. The highest BCUT2D eigenvalue weighted by Gasteiger charge is 2.63. The molecule has 0 aromatic heterocycles. The molecule has 0 spiro atoms. The minimum Gasteiger partial charge on any atom is -0.394 e. The second-order valence-electron chi connectivity index (χ2n) is 14.6. The Labute approximate surface area is 261 Å². The van der Waals surface area contributed by atoms with E-state index in [4.69, 9.17) is 5.73 Å². The molecule has 1 fully saturated rings. The van der Waals surface area contributed by atoms with Gasteiger partial charge in [0.1, 0.15) is 24.8 Å². The Balaban J connectivity index is 1.41. The molecule has 7 atom stereocenters. The number of hydrogen-bond acceptors (Lipinski definition) is 3. The normalized spacial score (nSPS) is 34.0. The Kier molecular flexibility index (Phi) is 8.28. The molecule has 1 saturated heterocycles. The fourth-order valence-electron chi connectivity index (χ4n) is 9.01. The second kappa shape index (κ2) is 11.8. The zero-order valence-electron chi connectivity index (χ0n) is 27.7. The lowest BCUT2D eigenvalue weighted by atomic mass is 9.77. The van der Waals surface area contributed by atoms with Gasteiger partial charge in [0, 0.05) is 48.3 Å². The van der Waals surface area contributed by atoms with Crippen molar-refractivity contribution in [1.29, 1.82) is 0 Å². The van der Waals surface area contributed by atoms with Crippen LogP contribution in [0, 0.1) is 23.7 Å². The van der Waals surface area contributed by atoms with Crippen molar-refractivity contribution in [1.82, 2.24) is 14.3 Å². The average molecular weight is 580 g/mol. The molecule has 0 bridgehead atoms. The molecule has 3 aliphatic carbocycles. The minimum atomic E-state index is 0.283. The lowest BCUT2D eigenvalue weighted by Crippen LogP contribution is -2.48. The molecule has 1 aromatic rings. The van der Waals surface area contributed by atoms with Crippen LogP contribution in [-0.2, 0) is 0 Å². The summed E-state index contributed by atoms with van der Waals surface area (Å²) < 4.78 is 1.04. The van der Waals surface area contributed by atoms with E-state index in [-0.39, 0.29) is 6.17 Å². The number of nitrogen functional groups attached to an aromatic ring is 1. The third kappa shape index (κ3) is 5.24. The molecular weight excluding hydrogens is 524 g/mol. The summed E-state index contributed by atoms with van der Waals surface area (Å²) in [6, 6.07) is 10.2. The Morgan fingerprint density at radius 2 is 1.81 bits per heavy atom. The van der Waals surface area contributed by atoms with Gasteiger partial charge in [-0.3, -0.25) is 4.48 Å². The first-order valence-corrected chi connectivity index (χ1v) is 17.1. The van der Waals surface area contributed by atoms with E-state index in [2.05, 4.69) is 131 Å². The van der Waals surface area contributed by atoms with Crippen molar-refractivity contribution >= 4 is 11.4 Å². The van der Waals surface area contributed by atoms with Crippen LogP contribution in [-0.4, -0.2) is 40.6 Å². The van der Waals surface area contributed by atoms with Crippen LogP contribution in [0.15, 0.2) is 95.5 Å². The SMILES string of the molecule is CC1=C(N2C(CC3C[N+]3(c3ccccc3N)C3CCC=CC3C)=CN(C3C(C(C)C)=CC=CC3C(C)C)C2C)CCC=C1. The van der Waals surface area contributed by atoms with Crippen molar-refractivity contribution in [3.8, 4) is 0 Å². The number of nitrogens with two attached hydrogens (primary N) is 1. The first-order chi connectivity index (χ1) is 20.6. The van der Waals surface area contributed by atoms with Crippen molar-refractivity contribution in [3.05, 3.63) is 95.5 Å². The van der Waals surface area contributed by atoms with Crippen molar-refractivity contribution in [2.45, 2.75) is 105 Å². The molecule has 0 amide bonds. The van der Waals surface area contributed by atoms with E-state index in [1.165, 1.54) is 42.0 Å². The molecule has 0 saturated carbocycles. The fourth-order valence-corrected chi connectivity index (χ4v) is 9.01. The van der Waals surface area contributed by atoms with Gasteiger partial charge in [-0.25, -0.2) is 0 Å². The number of benzene rings is 1. The average Bonchev–Trinajstić information content (AvgIpc) is 3.60.